The van der Waals surface area contributed by atoms with E-state index < -0.39 is 0 Å². The summed E-state index contributed by atoms with van der Waals surface area (Å²) < 4.78 is 2.17. The number of unbranched alkanes of at least 4 members (excludes halogenated alkanes) is 1. The van der Waals surface area contributed by atoms with Crippen molar-refractivity contribution in [3.63, 3.8) is 0 Å². The highest BCUT2D eigenvalue weighted by Gasteiger charge is 2.23. The van der Waals surface area contributed by atoms with Crippen LogP contribution >= 0.6 is 15.9 Å². The zero-order valence-electron chi connectivity index (χ0n) is 16.8. The standard InChI is InChI=1S/C22H21BrN6O2/c1-2-3-10-25-22(31)18-19-21(28-16-7-5-4-6-15(16)27-19)29(20(18)24)26-12-13-11-14(23)8-9-17(13)30/h4-9,11-12,30H,2-3,10,24H2,1H3,(H,25,31)/b26-12+. The van der Waals surface area contributed by atoms with Crippen molar-refractivity contribution in [3.8, 4) is 5.75 Å². The zero-order valence-corrected chi connectivity index (χ0v) is 18.4. The summed E-state index contributed by atoms with van der Waals surface area (Å²) in [6, 6.07) is 12.4. The molecule has 0 atom stereocenters. The molecule has 4 aromatic rings. The first kappa shape index (κ1) is 20.8. The minimum Gasteiger partial charge on any atom is -0.507 e. The van der Waals surface area contributed by atoms with E-state index in [-0.39, 0.29) is 23.0 Å². The number of aromatic hydroxyl groups is 1. The zero-order chi connectivity index (χ0) is 22.0. The molecule has 2 aromatic heterocycles. The van der Waals surface area contributed by atoms with Gasteiger partial charge in [0.05, 0.1) is 17.2 Å². The predicted molar refractivity (Wildman–Crippen MR) is 125 cm³/mol. The Kier molecular flexibility index (Phi) is 5.85. The number of fused-ring (bicyclic) bond motifs is 2. The molecule has 0 aliphatic heterocycles. The van der Waals surface area contributed by atoms with Crippen molar-refractivity contribution in [1.82, 2.24) is 20.0 Å². The van der Waals surface area contributed by atoms with Crippen LogP contribution in [0, 0.1) is 0 Å². The Bertz CT molecular complexity index is 1310. The van der Waals surface area contributed by atoms with E-state index in [2.05, 4.69) is 43.2 Å². The number of amides is 1. The summed E-state index contributed by atoms with van der Waals surface area (Å²) in [6.45, 7) is 2.59. The summed E-state index contributed by atoms with van der Waals surface area (Å²) in [4.78, 5) is 22.2. The number of aromatic nitrogens is 3. The maximum atomic E-state index is 12.9. The summed E-state index contributed by atoms with van der Waals surface area (Å²) in [5, 5.41) is 17.4. The number of nitrogens with zero attached hydrogens (tertiary/aromatic N) is 4. The third-order valence-electron chi connectivity index (χ3n) is 4.82. The molecule has 0 saturated carbocycles. The Morgan fingerprint density at radius 3 is 2.74 bits per heavy atom. The van der Waals surface area contributed by atoms with Crippen LogP contribution in [0.25, 0.3) is 22.2 Å². The van der Waals surface area contributed by atoms with Gasteiger partial charge in [0.2, 0.25) is 0 Å². The lowest BCUT2D eigenvalue weighted by molar-refractivity contribution is 0.0955. The Morgan fingerprint density at radius 2 is 2.00 bits per heavy atom. The number of phenols is 1. The molecule has 4 N–H and O–H groups in total. The van der Waals surface area contributed by atoms with E-state index in [9.17, 15) is 9.90 Å². The summed E-state index contributed by atoms with van der Waals surface area (Å²) in [5.74, 6) is -0.124. The lowest BCUT2D eigenvalue weighted by Gasteiger charge is -2.04. The molecule has 0 fully saturated rings. The molecule has 4 rings (SSSR count). The molecule has 158 valence electrons. The summed E-state index contributed by atoms with van der Waals surface area (Å²) in [6.07, 6.45) is 3.28. The maximum absolute atomic E-state index is 12.9. The Hall–Kier alpha value is -3.46. The largest absolute Gasteiger partial charge is 0.507 e. The number of halogens is 1. The third-order valence-corrected chi connectivity index (χ3v) is 5.31. The Morgan fingerprint density at radius 1 is 1.26 bits per heavy atom. The van der Waals surface area contributed by atoms with Crippen molar-refractivity contribution < 1.29 is 9.90 Å². The first-order valence-electron chi connectivity index (χ1n) is 9.87. The lowest BCUT2D eigenvalue weighted by atomic mass is 10.2. The normalized spacial score (nSPS) is 11.5. The van der Waals surface area contributed by atoms with Crippen LogP contribution in [-0.2, 0) is 0 Å². The molecule has 31 heavy (non-hydrogen) atoms. The number of para-hydroxylation sites is 2. The number of nitrogen functional groups attached to an aromatic ring is 1. The van der Waals surface area contributed by atoms with Gasteiger partial charge in [0.25, 0.3) is 5.91 Å². The van der Waals surface area contributed by atoms with Gasteiger partial charge >= 0.3 is 0 Å². The van der Waals surface area contributed by atoms with Crippen LogP contribution in [0.1, 0.15) is 35.7 Å². The Balaban J connectivity index is 1.88. The number of hydrogen-bond donors (Lipinski definition) is 3. The summed E-state index contributed by atoms with van der Waals surface area (Å²) in [5.41, 5.74) is 9.13. The molecule has 0 unspecified atom stereocenters. The van der Waals surface area contributed by atoms with Gasteiger partial charge in [-0.25, -0.2) is 9.97 Å². The van der Waals surface area contributed by atoms with Crippen molar-refractivity contribution >= 4 is 56.1 Å². The number of rotatable bonds is 6. The second-order valence-corrected chi connectivity index (χ2v) is 7.93. The predicted octanol–water partition coefficient (Wildman–Crippen LogP) is 4.05. The second-order valence-electron chi connectivity index (χ2n) is 7.01. The van der Waals surface area contributed by atoms with Crippen LogP contribution in [0.5, 0.6) is 5.75 Å². The molecule has 2 heterocycles. The summed E-state index contributed by atoms with van der Waals surface area (Å²) >= 11 is 3.38. The van der Waals surface area contributed by atoms with Gasteiger partial charge in [0.1, 0.15) is 22.6 Å². The molecular weight excluding hydrogens is 460 g/mol. The van der Waals surface area contributed by atoms with Gasteiger partial charge in [-0.3, -0.25) is 4.79 Å². The minimum atomic E-state index is -0.320. The monoisotopic (exact) mass is 480 g/mol. The molecule has 0 spiro atoms. The molecule has 8 nitrogen and oxygen atoms in total. The quantitative estimate of drug-likeness (QED) is 0.284. The van der Waals surface area contributed by atoms with Crippen LogP contribution in [0.3, 0.4) is 0 Å². The fourth-order valence-electron chi connectivity index (χ4n) is 3.20. The van der Waals surface area contributed by atoms with Crippen LogP contribution < -0.4 is 11.1 Å². The van der Waals surface area contributed by atoms with Gasteiger partial charge < -0.3 is 16.2 Å². The van der Waals surface area contributed by atoms with E-state index in [4.69, 9.17) is 5.73 Å². The summed E-state index contributed by atoms with van der Waals surface area (Å²) in [7, 11) is 0. The van der Waals surface area contributed by atoms with Gasteiger partial charge in [-0.05, 0) is 36.8 Å². The first-order chi connectivity index (χ1) is 15.0. The number of carbonyl (C=O) groups excluding carboxylic acids is 1. The van der Waals surface area contributed by atoms with E-state index >= 15 is 0 Å². The smallest absolute Gasteiger partial charge is 0.257 e. The van der Waals surface area contributed by atoms with E-state index in [1.54, 1.807) is 18.2 Å². The number of anilines is 1. The highest BCUT2D eigenvalue weighted by molar-refractivity contribution is 9.10. The van der Waals surface area contributed by atoms with Crippen LogP contribution in [0.2, 0.25) is 0 Å². The topological polar surface area (TPSA) is 118 Å². The molecule has 2 aromatic carbocycles. The lowest BCUT2D eigenvalue weighted by Crippen LogP contribution is -2.25. The van der Waals surface area contributed by atoms with Crippen molar-refractivity contribution in [1.29, 1.82) is 0 Å². The Labute approximate surface area is 186 Å². The number of benzene rings is 2. The van der Waals surface area contributed by atoms with Gasteiger partial charge in [-0.1, -0.05) is 41.4 Å². The molecule has 0 radical (unpaired) electrons. The molecule has 0 aliphatic carbocycles. The van der Waals surface area contributed by atoms with Crippen LogP contribution in [0.4, 0.5) is 5.82 Å². The molecular formula is C22H21BrN6O2. The van der Waals surface area contributed by atoms with E-state index in [0.717, 1.165) is 17.3 Å². The molecule has 0 bridgehead atoms. The molecule has 1 amide bonds. The second kappa shape index (κ2) is 8.73. The van der Waals surface area contributed by atoms with Crippen molar-refractivity contribution in [2.45, 2.75) is 19.8 Å². The minimum absolute atomic E-state index is 0.0658. The van der Waals surface area contributed by atoms with Crippen molar-refractivity contribution in [2.24, 2.45) is 5.10 Å². The average molecular weight is 481 g/mol. The fraction of sp³-hybridized carbons (Fsp3) is 0.182. The van der Waals surface area contributed by atoms with E-state index in [1.807, 2.05) is 24.3 Å². The fourth-order valence-corrected chi connectivity index (χ4v) is 3.58. The van der Waals surface area contributed by atoms with Crippen molar-refractivity contribution in [2.75, 3.05) is 12.3 Å². The number of nitrogens with one attached hydrogen (secondary N) is 1. The van der Waals surface area contributed by atoms with E-state index in [1.165, 1.54) is 10.9 Å². The van der Waals surface area contributed by atoms with Crippen LogP contribution in [0.15, 0.2) is 52.0 Å². The maximum Gasteiger partial charge on any atom is 0.257 e. The molecule has 0 aliphatic rings. The van der Waals surface area contributed by atoms with Gasteiger partial charge in [0, 0.05) is 16.6 Å². The third kappa shape index (κ3) is 4.09. The highest BCUT2D eigenvalue weighted by Crippen LogP contribution is 2.28. The molecule has 9 heteroatoms. The van der Waals surface area contributed by atoms with Gasteiger partial charge in [-0.15, -0.1) is 0 Å². The van der Waals surface area contributed by atoms with Crippen LogP contribution in [-0.4, -0.2) is 38.4 Å². The average Bonchev–Trinajstić information content (AvgIpc) is 3.03. The first-order valence-corrected chi connectivity index (χ1v) is 10.7. The number of phenolic OH excluding ortho intramolecular Hbond substituents is 1. The van der Waals surface area contributed by atoms with Gasteiger partial charge in [0.15, 0.2) is 5.65 Å². The van der Waals surface area contributed by atoms with Crippen molar-refractivity contribution in [3.05, 3.63) is 58.1 Å². The number of nitrogens with two attached hydrogens (primary N) is 1. The van der Waals surface area contributed by atoms with Gasteiger partial charge in [-0.2, -0.15) is 9.78 Å². The molecule has 0 saturated heterocycles. The SMILES string of the molecule is CCCCNC(=O)c1c(N)n(/N=C/c2cc(Br)ccc2O)c2nc3ccccc3nc12. The number of hydrogen-bond acceptors (Lipinski definition) is 6. The number of carbonyl (C=O) groups is 1. The highest BCUT2D eigenvalue weighted by atomic mass is 79.9. The van der Waals surface area contributed by atoms with E-state index in [0.29, 0.717) is 34.3 Å².